The van der Waals surface area contributed by atoms with Gasteiger partial charge in [0.1, 0.15) is 6.54 Å². The summed E-state index contributed by atoms with van der Waals surface area (Å²) in [5.74, 6) is 0.0108. The van der Waals surface area contributed by atoms with Gasteiger partial charge < -0.3 is 14.3 Å². The highest BCUT2D eigenvalue weighted by atomic mass is 16.6. The summed E-state index contributed by atoms with van der Waals surface area (Å²) in [5, 5.41) is 11.5. The lowest BCUT2D eigenvalue weighted by Gasteiger charge is -2.50. The zero-order chi connectivity index (χ0) is 17.5. The molecule has 3 saturated heterocycles. The van der Waals surface area contributed by atoms with E-state index in [2.05, 4.69) is 7.05 Å². The Bertz CT molecular complexity index is 617. The lowest BCUT2D eigenvalue weighted by molar-refractivity contribution is -0.928. The molecule has 1 aromatic rings. The fourth-order valence-electron chi connectivity index (χ4n) is 5.27. The van der Waals surface area contributed by atoms with Crippen molar-refractivity contribution in [1.82, 2.24) is 0 Å². The minimum Gasteiger partial charge on any atom is -0.454 e. The molecule has 136 valence electrons. The van der Waals surface area contributed by atoms with E-state index in [1.54, 1.807) is 0 Å². The van der Waals surface area contributed by atoms with Crippen molar-refractivity contribution in [3.8, 4) is 0 Å². The van der Waals surface area contributed by atoms with Crippen LogP contribution in [0.3, 0.4) is 0 Å². The number of rotatable bonds is 4. The van der Waals surface area contributed by atoms with Gasteiger partial charge in [0, 0.05) is 24.7 Å². The molecule has 0 radical (unpaired) electrons. The third kappa shape index (κ3) is 3.00. The first-order valence-electron chi connectivity index (χ1n) is 9.84. The van der Waals surface area contributed by atoms with Crippen molar-refractivity contribution in [2.24, 2.45) is 11.8 Å². The molecule has 2 atom stereocenters. The van der Waals surface area contributed by atoms with Gasteiger partial charge in [0.05, 0.1) is 20.1 Å². The van der Waals surface area contributed by atoms with Gasteiger partial charge in [-0.2, -0.15) is 0 Å². The minimum atomic E-state index is -1.50. The molecule has 1 aromatic carbocycles. The molecule has 1 unspecified atom stereocenters. The summed E-state index contributed by atoms with van der Waals surface area (Å²) in [6, 6.07) is 9.43. The molecule has 2 bridgehead atoms. The smallest absolute Gasteiger partial charge is 0.343 e. The molecule has 3 aliphatic heterocycles. The zero-order valence-corrected chi connectivity index (χ0v) is 15.2. The first-order valence-corrected chi connectivity index (χ1v) is 9.84. The molecule has 1 N–H and O–H groups in total. The van der Waals surface area contributed by atoms with Crippen LogP contribution in [0, 0.1) is 11.8 Å². The fraction of sp³-hybridized carbons (Fsp3) is 0.667. The van der Waals surface area contributed by atoms with Crippen LogP contribution in [0.15, 0.2) is 30.3 Å². The van der Waals surface area contributed by atoms with E-state index >= 15 is 0 Å². The van der Waals surface area contributed by atoms with Crippen LogP contribution in [0.2, 0.25) is 0 Å². The number of carbonyl (C=O) groups excluding carboxylic acids is 1. The number of carbonyl (C=O) groups is 1. The third-order valence-electron chi connectivity index (χ3n) is 6.96. The molecule has 0 aromatic heterocycles. The van der Waals surface area contributed by atoms with Crippen LogP contribution < -0.4 is 0 Å². The van der Waals surface area contributed by atoms with Crippen LogP contribution >= 0.6 is 0 Å². The predicted molar refractivity (Wildman–Crippen MR) is 95.7 cm³/mol. The van der Waals surface area contributed by atoms with Gasteiger partial charge in [-0.3, -0.25) is 0 Å². The highest BCUT2D eigenvalue weighted by Crippen LogP contribution is 2.43. The lowest BCUT2D eigenvalue weighted by Crippen LogP contribution is -2.63. The van der Waals surface area contributed by atoms with Crippen molar-refractivity contribution >= 4 is 5.97 Å². The summed E-state index contributed by atoms with van der Waals surface area (Å²) < 4.78 is 7.02. The number of benzene rings is 1. The van der Waals surface area contributed by atoms with Crippen molar-refractivity contribution < 1.29 is 19.1 Å². The Morgan fingerprint density at radius 2 is 1.76 bits per heavy atom. The van der Waals surface area contributed by atoms with Gasteiger partial charge in [-0.25, -0.2) is 4.79 Å². The molecule has 0 spiro atoms. The Hall–Kier alpha value is -1.39. The summed E-state index contributed by atoms with van der Waals surface area (Å²) in [4.78, 5) is 13.2. The second-order valence-corrected chi connectivity index (χ2v) is 8.64. The largest absolute Gasteiger partial charge is 0.454 e. The molecule has 3 heterocycles. The predicted octanol–water partition coefficient (Wildman–Crippen LogP) is 2.85. The van der Waals surface area contributed by atoms with Crippen LogP contribution in [-0.2, 0) is 15.1 Å². The molecule has 5 rings (SSSR count). The number of fused-ring (bicyclic) bond motifs is 3. The lowest BCUT2D eigenvalue weighted by atomic mass is 9.79. The van der Waals surface area contributed by atoms with Crippen molar-refractivity contribution in [2.45, 2.75) is 50.2 Å². The number of likely N-dealkylation sites (N-methyl/N-ethyl adjacent to an activating group) is 1. The highest BCUT2D eigenvalue weighted by Gasteiger charge is 2.51. The van der Waals surface area contributed by atoms with Crippen LogP contribution in [0.1, 0.15) is 44.1 Å². The van der Waals surface area contributed by atoms with Gasteiger partial charge in [0.15, 0.2) is 11.7 Å². The number of hydrogen-bond donors (Lipinski definition) is 1. The van der Waals surface area contributed by atoms with Crippen LogP contribution in [0.25, 0.3) is 0 Å². The molecule has 0 amide bonds. The number of quaternary nitrogens is 1. The quantitative estimate of drug-likeness (QED) is 0.675. The van der Waals surface area contributed by atoms with Crippen molar-refractivity contribution in [3.05, 3.63) is 35.9 Å². The van der Waals surface area contributed by atoms with E-state index in [4.69, 9.17) is 4.74 Å². The SMILES string of the molecule is C[N+]12CCC(CC1)[C@H](OC(=O)C(O)(c1ccccc1)C1CCCC1)C2. The molecular formula is C21H30NO3+. The number of ether oxygens (including phenoxy) is 1. The van der Waals surface area contributed by atoms with E-state index in [0.717, 1.165) is 49.6 Å². The molecule has 4 heteroatoms. The number of aliphatic hydroxyl groups is 1. The molecule has 25 heavy (non-hydrogen) atoms. The van der Waals surface area contributed by atoms with E-state index in [1.165, 1.54) is 13.1 Å². The molecule has 1 aliphatic carbocycles. The van der Waals surface area contributed by atoms with Crippen LogP contribution in [0.5, 0.6) is 0 Å². The Labute approximate surface area is 150 Å². The van der Waals surface area contributed by atoms with Gasteiger partial charge in [-0.05, 0) is 18.4 Å². The Morgan fingerprint density at radius 1 is 1.12 bits per heavy atom. The molecule has 4 nitrogen and oxygen atoms in total. The normalized spacial score (nSPS) is 34.6. The highest BCUT2D eigenvalue weighted by molar-refractivity contribution is 5.81. The summed E-state index contributed by atoms with van der Waals surface area (Å²) >= 11 is 0. The fourth-order valence-corrected chi connectivity index (χ4v) is 5.27. The van der Waals surface area contributed by atoms with Crippen LogP contribution in [-0.4, -0.2) is 48.3 Å². The van der Waals surface area contributed by atoms with Gasteiger partial charge >= 0.3 is 5.97 Å². The minimum absolute atomic E-state index is 0.0340. The van der Waals surface area contributed by atoms with Crippen molar-refractivity contribution in [2.75, 3.05) is 26.7 Å². The van der Waals surface area contributed by atoms with E-state index in [0.29, 0.717) is 11.5 Å². The van der Waals surface area contributed by atoms with E-state index in [1.807, 2.05) is 30.3 Å². The number of piperidine rings is 3. The standard InChI is InChI=1S/C21H30NO3/c1-22-13-11-16(12-14-22)19(15-22)25-20(23)21(24,18-9-5-6-10-18)17-7-3-2-4-8-17/h2-4,7-8,16,18-19,24H,5-6,9-15H2,1H3/q+1/t16?,19-,21?,22?/m1/s1. The van der Waals surface area contributed by atoms with Gasteiger partial charge in [-0.15, -0.1) is 0 Å². The topological polar surface area (TPSA) is 46.5 Å². The zero-order valence-electron chi connectivity index (χ0n) is 15.2. The number of hydrogen-bond acceptors (Lipinski definition) is 3. The Kier molecular flexibility index (Phi) is 4.37. The molecule has 4 aliphatic rings. The maximum absolute atomic E-state index is 13.2. The average Bonchev–Trinajstić information content (AvgIpc) is 3.17. The summed E-state index contributed by atoms with van der Waals surface area (Å²) in [6.07, 6.45) is 6.15. The van der Waals surface area contributed by atoms with Gasteiger partial charge in [-0.1, -0.05) is 43.2 Å². The Morgan fingerprint density at radius 3 is 2.36 bits per heavy atom. The van der Waals surface area contributed by atoms with Crippen molar-refractivity contribution in [3.63, 3.8) is 0 Å². The van der Waals surface area contributed by atoms with E-state index in [-0.39, 0.29) is 12.0 Å². The maximum atomic E-state index is 13.2. The molecule has 4 fully saturated rings. The monoisotopic (exact) mass is 344 g/mol. The molecular weight excluding hydrogens is 314 g/mol. The average molecular weight is 344 g/mol. The van der Waals surface area contributed by atoms with Gasteiger partial charge in [0.25, 0.3) is 0 Å². The second-order valence-electron chi connectivity index (χ2n) is 8.64. The van der Waals surface area contributed by atoms with E-state index in [9.17, 15) is 9.90 Å². The third-order valence-corrected chi connectivity index (χ3v) is 6.96. The number of nitrogens with zero attached hydrogens (tertiary/aromatic N) is 1. The number of esters is 1. The second kappa shape index (κ2) is 6.40. The summed E-state index contributed by atoms with van der Waals surface area (Å²) in [7, 11) is 2.26. The maximum Gasteiger partial charge on any atom is 0.343 e. The van der Waals surface area contributed by atoms with E-state index < -0.39 is 11.6 Å². The summed E-state index contributed by atoms with van der Waals surface area (Å²) in [5.41, 5.74) is -0.809. The first kappa shape index (κ1) is 17.0. The summed E-state index contributed by atoms with van der Waals surface area (Å²) in [6.45, 7) is 3.26. The molecule has 1 saturated carbocycles. The van der Waals surface area contributed by atoms with Crippen LogP contribution in [0.4, 0.5) is 0 Å². The Balaban J connectivity index is 1.58. The van der Waals surface area contributed by atoms with Crippen molar-refractivity contribution in [1.29, 1.82) is 0 Å². The van der Waals surface area contributed by atoms with Gasteiger partial charge in [0.2, 0.25) is 0 Å². The first-order chi connectivity index (χ1) is 12.0.